The van der Waals surface area contributed by atoms with Gasteiger partial charge in [0.25, 0.3) is 0 Å². The molecule has 0 saturated heterocycles. The van der Waals surface area contributed by atoms with E-state index in [1.807, 2.05) is 7.05 Å². The van der Waals surface area contributed by atoms with Gasteiger partial charge in [-0.25, -0.2) is 0 Å². The van der Waals surface area contributed by atoms with Crippen LogP contribution in [0, 0.1) is 13.8 Å². The Balaban J connectivity index is 2.27. The summed E-state index contributed by atoms with van der Waals surface area (Å²) in [7, 11) is 2.03. The molecule has 0 aliphatic rings. The van der Waals surface area contributed by atoms with Gasteiger partial charge in [-0.15, -0.1) is 0 Å². The van der Waals surface area contributed by atoms with Crippen molar-refractivity contribution in [3.8, 4) is 0 Å². The maximum absolute atomic E-state index is 3.33. The Morgan fingerprint density at radius 2 is 1.53 bits per heavy atom. The summed E-state index contributed by atoms with van der Waals surface area (Å²) < 4.78 is 0. The van der Waals surface area contributed by atoms with Gasteiger partial charge in [-0.3, -0.25) is 0 Å². The van der Waals surface area contributed by atoms with Crippen molar-refractivity contribution in [3.05, 3.63) is 70.8 Å². The third-order valence-corrected chi connectivity index (χ3v) is 3.81. The number of rotatable bonds is 5. The van der Waals surface area contributed by atoms with Crippen LogP contribution in [-0.2, 0) is 6.42 Å². The van der Waals surface area contributed by atoms with Gasteiger partial charge in [0.2, 0.25) is 0 Å². The first-order valence-electron chi connectivity index (χ1n) is 6.97. The summed E-state index contributed by atoms with van der Waals surface area (Å²) in [5.41, 5.74) is 5.68. The van der Waals surface area contributed by atoms with Crippen LogP contribution in [0.25, 0.3) is 0 Å². The molecule has 2 aromatic rings. The van der Waals surface area contributed by atoms with E-state index in [-0.39, 0.29) is 0 Å². The molecule has 0 fully saturated rings. The zero-order valence-corrected chi connectivity index (χ0v) is 12.1. The number of benzene rings is 2. The van der Waals surface area contributed by atoms with Crippen LogP contribution >= 0.6 is 0 Å². The molecule has 1 atom stereocenters. The van der Waals surface area contributed by atoms with Gasteiger partial charge < -0.3 is 5.32 Å². The van der Waals surface area contributed by atoms with Crippen LogP contribution in [0.3, 0.4) is 0 Å². The molecule has 0 aliphatic carbocycles. The van der Waals surface area contributed by atoms with Crippen molar-refractivity contribution in [3.63, 3.8) is 0 Å². The lowest BCUT2D eigenvalue weighted by Crippen LogP contribution is -2.20. The monoisotopic (exact) mass is 253 g/mol. The van der Waals surface area contributed by atoms with Gasteiger partial charge in [-0.05, 0) is 49.6 Å². The Hall–Kier alpha value is -1.60. The minimum Gasteiger partial charge on any atom is -0.319 e. The molecule has 2 rings (SSSR count). The summed E-state index contributed by atoms with van der Waals surface area (Å²) in [6.07, 6.45) is 1.10. The second kappa shape index (κ2) is 6.53. The minimum atomic E-state index is 0.535. The molecular formula is C18H23N. The Morgan fingerprint density at radius 3 is 2.16 bits per heavy atom. The molecule has 0 bridgehead atoms. The Morgan fingerprint density at radius 1 is 0.895 bits per heavy atom. The number of aryl methyl sites for hydroxylation is 2. The van der Waals surface area contributed by atoms with E-state index in [0.717, 1.165) is 13.0 Å². The lowest BCUT2D eigenvalue weighted by molar-refractivity contribution is 0.621. The van der Waals surface area contributed by atoms with Gasteiger partial charge in [0.15, 0.2) is 0 Å². The molecule has 2 aromatic carbocycles. The lowest BCUT2D eigenvalue weighted by atomic mass is 9.88. The molecule has 0 spiro atoms. The van der Waals surface area contributed by atoms with Gasteiger partial charge in [0, 0.05) is 12.5 Å². The zero-order chi connectivity index (χ0) is 13.7. The van der Waals surface area contributed by atoms with Crippen molar-refractivity contribution in [1.29, 1.82) is 0 Å². The maximum atomic E-state index is 3.33. The van der Waals surface area contributed by atoms with Crippen LogP contribution in [0.4, 0.5) is 0 Å². The largest absolute Gasteiger partial charge is 0.319 e. The first-order chi connectivity index (χ1) is 9.22. The van der Waals surface area contributed by atoms with Crippen LogP contribution < -0.4 is 5.32 Å². The van der Waals surface area contributed by atoms with Crippen LogP contribution in [0.5, 0.6) is 0 Å². The van der Waals surface area contributed by atoms with Gasteiger partial charge >= 0.3 is 0 Å². The van der Waals surface area contributed by atoms with Crippen LogP contribution in [0.2, 0.25) is 0 Å². The summed E-state index contributed by atoms with van der Waals surface area (Å²) in [6, 6.07) is 17.4. The second-order valence-corrected chi connectivity index (χ2v) is 5.24. The first-order valence-corrected chi connectivity index (χ1v) is 6.97. The van der Waals surface area contributed by atoms with Crippen LogP contribution in [0.15, 0.2) is 48.5 Å². The minimum absolute atomic E-state index is 0.535. The molecule has 19 heavy (non-hydrogen) atoms. The highest BCUT2D eigenvalue weighted by molar-refractivity contribution is 5.33. The molecular weight excluding hydrogens is 230 g/mol. The average Bonchev–Trinajstić information content (AvgIpc) is 2.41. The van der Waals surface area contributed by atoms with Crippen molar-refractivity contribution in [1.82, 2.24) is 5.32 Å². The van der Waals surface area contributed by atoms with Crippen molar-refractivity contribution in [2.24, 2.45) is 0 Å². The molecule has 0 aromatic heterocycles. The molecule has 1 heteroatoms. The number of likely N-dealkylation sites (N-methyl/N-ethyl adjacent to an activating group) is 1. The normalized spacial score (nSPS) is 12.4. The lowest BCUT2D eigenvalue weighted by Gasteiger charge is -2.20. The molecule has 0 saturated carbocycles. The van der Waals surface area contributed by atoms with E-state index in [4.69, 9.17) is 0 Å². The Kier molecular flexibility index (Phi) is 4.75. The van der Waals surface area contributed by atoms with Crippen molar-refractivity contribution in [2.75, 3.05) is 13.6 Å². The third kappa shape index (κ3) is 3.45. The number of hydrogen-bond donors (Lipinski definition) is 1. The van der Waals surface area contributed by atoms with Gasteiger partial charge in [0.05, 0.1) is 0 Å². The molecule has 1 N–H and O–H groups in total. The fraction of sp³-hybridized carbons (Fsp3) is 0.333. The van der Waals surface area contributed by atoms with E-state index in [1.54, 1.807) is 0 Å². The number of nitrogens with one attached hydrogen (secondary N) is 1. The molecule has 1 nitrogen and oxygen atoms in total. The topological polar surface area (TPSA) is 12.0 Å². The molecule has 0 amide bonds. The maximum Gasteiger partial charge on any atom is 0.00204 e. The third-order valence-electron chi connectivity index (χ3n) is 3.81. The first kappa shape index (κ1) is 13.8. The fourth-order valence-electron chi connectivity index (χ4n) is 2.69. The highest BCUT2D eigenvalue weighted by Crippen LogP contribution is 2.24. The summed E-state index contributed by atoms with van der Waals surface area (Å²) in [5.74, 6) is 0.535. The molecule has 0 aliphatic heterocycles. The van der Waals surface area contributed by atoms with E-state index < -0.39 is 0 Å². The fourth-order valence-corrected chi connectivity index (χ4v) is 2.69. The summed E-state index contributed by atoms with van der Waals surface area (Å²) >= 11 is 0. The summed E-state index contributed by atoms with van der Waals surface area (Å²) in [4.78, 5) is 0. The highest BCUT2D eigenvalue weighted by Gasteiger charge is 2.14. The average molecular weight is 253 g/mol. The van der Waals surface area contributed by atoms with E-state index >= 15 is 0 Å². The predicted octanol–water partition coefficient (Wildman–Crippen LogP) is 3.85. The van der Waals surface area contributed by atoms with Gasteiger partial charge in [-0.2, -0.15) is 0 Å². The molecule has 0 radical (unpaired) electrons. The van der Waals surface area contributed by atoms with Crippen LogP contribution in [0.1, 0.15) is 28.2 Å². The second-order valence-electron chi connectivity index (χ2n) is 5.24. The van der Waals surface area contributed by atoms with Gasteiger partial charge in [0.1, 0.15) is 0 Å². The van der Waals surface area contributed by atoms with E-state index in [9.17, 15) is 0 Å². The van der Waals surface area contributed by atoms with Crippen molar-refractivity contribution >= 4 is 0 Å². The summed E-state index contributed by atoms with van der Waals surface area (Å²) in [5, 5.41) is 3.33. The number of hydrogen-bond acceptors (Lipinski definition) is 1. The predicted molar refractivity (Wildman–Crippen MR) is 82.7 cm³/mol. The van der Waals surface area contributed by atoms with Gasteiger partial charge in [-0.1, -0.05) is 48.5 Å². The smallest absolute Gasteiger partial charge is 0.00204 e. The standard InChI is InChI=1S/C18H23N/c1-14-8-4-6-10-16(14)12-17(13-19-3)18-11-7-5-9-15(18)2/h4-11,17,19H,12-13H2,1-3H3. The van der Waals surface area contributed by atoms with E-state index in [0.29, 0.717) is 5.92 Å². The molecule has 100 valence electrons. The van der Waals surface area contributed by atoms with E-state index in [2.05, 4.69) is 67.7 Å². The van der Waals surface area contributed by atoms with Crippen LogP contribution in [-0.4, -0.2) is 13.6 Å². The quantitative estimate of drug-likeness (QED) is 0.853. The van der Waals surface area contributed by atoms with E-state index in [1.165, 1.54) is 22.3 Å². The Labute approximate surface area is 116 Å². The molecule has 0 heterocycles. The molecule has 1 unspecified atom stereocenters. The van der Waals surface area contributed by atoms with Crippen molar-refractivity contribution < 1.29 is 0 Å². The SMILES string of the molecule is CNCC(Cc1ccccc1C)c1ccccc1C. The van der Waals surface area contributed by atoms with Crippen molar-refractivity contribution in [2.45, 2.75) is 26.2 Å². The Bertz CT molecular complexity index is 531. The summed E-state index contributed by atoms with van der Waals surface area (Å²) in [6.45, 7) is 5.42. The zero-order valence-electron chi connectivity index (χ0n) is 12.1. The highest BCUT2D eigenvalue weighted by atomic mass is 14.8.